The number of carbonyl (C=O) groups is 1. The SMILES string of the molecule is C=C(CNC(=O)OCc1ccccc1)COC. The Morgan fingerprint density at radius 1 is 1.35 bits per heavy atom. The number of carbonyl (C=O) groups excluding carboxylic acids is 1. The molecule has 0 heterocycles. The largest absolute Gasteiger partial charge is 0.445 e. The Bertz CT molecular complexity index is 362. The highest BCUT2D eigenvalue weighted by Gasteiger charge is 2.02. The van der Waals surface area contributed by atoms with Crippen LogP contribution < -0.4 is 5.32 Å². The third-order valence-electron chi connectivity index (χ3n) is 2.04. The molecular weight excluding hydrogens is 218 g/mol. The summed E-state index contributed by atoms with van der Waals surface area (Å²) in [6, 6.07) is 9.51. The number of hydrogen-bond donors (Lipinski definition) is 1. The summed E-state index contributed by atoms with van der Waals surface area (Å²) in [7, 11) is 1.58. The molecule has 17 heavy (non-hydrogen) atoms. The quantitative estimate of drug-likeness (QED) is 0.768. The maximum absolute atomic E-state index is 11.3. The second kappa shape index (κ2) is 7.46. The lowest BCUT2D eigenvalue weighted by molar-refractivity contribution is 0.140. The van der Waals surface area contributed by atoms with Gasteiger partial charge in [-0.3, -0.25) is 0 Å². The van der Waals surface area contributed by atoms with Gasteiger partial charge in [-0.1, -0.05) is 36.9 Å². The Kier molecular flexibility index (Phi) is 5.82. The molecule has 4 nitrogen and oxygen atoms in total. The molecule has 92 valence electrons. The Hall–Kier alpha value is -1.81. The molecule has 0 radical (unpaired) electrons. The van der Waals surface area contributed by atoms with E-state index in [9.17, 15) is 4.79 Å². The summed E-state index contributed by atoms with van der Waals surface area (Å²) in [5.74, 6) is 0. The molecular formula is C13H17NO3. The van der Waals surface area contributed by atoms with Crippen LogP contribution in [-0.2, 0) is 16.1 Å². The molecule has 0 aliphatic heterocycles. The van der Waals surface area contributed by atoms with Crippen LogP contribution in [-0.4, -0.2) is 26.4 Å². The number of nitrogens with one attached hydrogen (secondary N) is 1. The average Bonchev–Trinajstić information content (AvgIpc) is 2.35. The first-order valence-electron chi connectivity index (χ1n) is 5.32. The molecule has 0 aromatic heterocycles. The van der Waals surface area contributed by atoms with Gasteiger partial charge in [-0.25, -0.2) is 4.79 Å². The Morgan fingerprint density at radius 2 is 2.06 bits per heavy atom. The van der Waals surface area contributed by atoms with E-state index in [2.05, 4.69) is 11.9 Å². The summed E-state index contributed by atoms with van der Waals surface area (Å²) in [4.78, 5) is 11.3. The highest BCUT2D eigenvalue weighted by Crippen LogP contribution is 2.00. The molecule has 1 N–H and O–H groups in total. The highest BCUT2D eigenvalue weighted by atomic mass is 16.5. The minimum atomic E-state index is -0.453. The van der Waals surface area contributed by atoms with Crippen molar-refractivity contribution in [3.05, 3.63) is 48.0 Å². The van der Waals surface area contributed by atoms with Gasteiger partial charge in [0.15, 0.2) is 0 Å². The van der Waals surface area contributed by atoms with Crippen molar-refractivity contribution >= 4 is 6.09 Å². The summed E-state index contributed by atoms with van der Waals surface area (Å²) in [5.41, 5.74) is 1.75. The van der Waals surface area contributed by atoms with Crippen molar-refractivity contribution in [2.45, 2.75) is 6.61 Å². The van der Waals surface area contributed by atoms with E-state index in [1.165, 1.54) is 0 Å². The zero-order valence-corrected chi connectivity index (χ0v) is 9.94. The molecule has 0 saturated heterocycles. The van der Waals surface area contributed by atoms with E-state index in [1.807, 2.05) is 30.3 Å². The molecule has 1 aromatic rings. The first-order valence-corrected chi connectivity index (χ1v) is 5.32. The fourth-order valence-electron chi connectivity index (χ4n) is 1.23. The molecule has 0 aliphatic rings. The standard InChI is InChI=1S/C13H17NO3/c1-11(9-16-2)8-14-13(15)17-10-12-6-4-3-5-7-12/h3-7H,1,8-10H2,2H3,(H,14,15). The van der Waals surface area contributed by atoms with Gasteiger partial charge in [0.1, 0.15) is 6.61 Å². The van der Waals surface area contributed by atoms with Crippen LogP contribution in [0.15, 0.2) is 42.5 Å². The van der Waals surface area contributed by atoms with Gasteiger partial charge in [-0.2, -0.15) is 0 Å². The number of alkyl carbamates (subject to hydrolysis) is 1. The predicted molar refractivity (Wildman–Crippen MR) is 65.6 cm³/mol. The smallest absolute Gasteiger partial charge is 0.407 e. The molecule has 0 aliphatic carbocycles. The number of amides is 1. The zero-order valence-electron chi connectivity index (χ0n) is 9.94. The molecule has 0 unspecified atom stereocenters. The minimum Gasteiger partial charge on any atom is -0.445 e. The van der Waals surface area contributed by atoms with Crippen molar-refractivity contribution in [3.8, 4) is 0 Å². The topological polar surface area (TPSA) is 47.6 Å². The van der Waals surface area contributed by atoms with E-state index in [1.54, 1.807) is 7.11 Å². The normalized spacial score (nSPS) is 9.71. The lowest BCUT2D eigenvalue weighted by Gasteiger charge is -2.08. The van der Waals surface area contributed by atoms with Crippen LogP contribution in [0.4, 0.5) is 4.79 Å². The molecule has 0 spiro atoms. The first kappa shape index (κ1) is 13.3. The highest BCUT2D eigenvalue weighted by molar-refractivity contribution is 5.67. The molecule has 4 heteroatoms. The van der Waals surface area contributed by atoms with Crippen molar-refractivity contribution < 1.29 is 14.3 Å². The monoisotopic (exact) mass is 235 g/mol. The maximum Gasteiger partial charge on any atom is 0.407 e. The Labute approximate surface area is 101 Å². The maximum atomic E-state index is 11.3. The van der Waals surface area contributed by atoms with Crippen molar-refractivity contribution in [3.63, 3.8) is 0 Å². The molecule has 1 aromatic carbocycles. The summed E-state index contributed by atoms with van der Waals surface area (Å²) < 4.78 is 9.90. The molecule has 0 saturated carbocycles. The van der Waals surface area contributed by atoms with Crippen LogP contribution in [0.5, 0.6) is 0 Å². The molecule has 0 bridgehead atoms. The van der Waals surface area contributed by atoms with Gasteiger partial charge < -0.3 is 14.8 Å². The van der Waals surface area contributed by atoms with Crippen LogP contribution in [0, 0.1) is 0 Å². The second-order valence-electron chi connectivity index (χ2n) is 3.60. The third-order valence-corrected chi connectivity index (χ3v) is 2.04. The third kappa shape index (κ3) is 5.73. The second-order valence-corrected chi connectivity index (χ2v) is 3.60. The fourth-order valence-corrected chi connectivity index (χ4v) is 1.23. The lowest BCUT2D eigenvalue weighted by Crippen LogP contribution is -2.27. The van der Waals surface area contributed by atoms with E-state index in [0.717, 1.165) is 11.1 Å². The van der Waals surface area contributed by atoms with Gasteiger partial charge in [0, 0.05) is 13.7 Å². The van der Waals surface area contributed by atoms with Crippen molar-refractivity contribution in [1.82, 2.24) is 5.32 Å². The van der Waals surface area contributed by atoms with Crippen LogP contribution in [0.2, 0.25) is 0 Å². The van der Waals surface area contributed by atoms with Crippen molar-refractivity contribution in [2.24, 2.45) is 0 Å². The van der Waals surface area contributed by atoms with Gasteiger partial charge in [0.2, 0.25) is 0 Å². The minimum absolute atomic E-state index is 0.267. The fraction of sp³-hybridized carbons (Fsp3) is 0.308. The summed E-state index contributed by atoms with van der Waals surface area (Å²) in [5, 5.41) is 2.60. The molecule has 1 rings (SSSR count). The molecule has 0 atom stereocenters. The number of ether oxygens (including phenoxy) is 2. The van der Waals surface area contributed by atoms with Crippen molar-refractivity contribution in [2.75, 3.05) is 20.3 Å². The number of hydrogen-bond acceptors (Lipinski definition) is 3. The van der Waals surface area contributed by atoms with Gasteiger partial charge >= 0.3 is 6.09 Å². The number of rotatable bonds is 6. The number of methoxy groups -OCH3 is 1. The van der Waals surface area contributed by atoms with E-state index in [-0.39, 0.29) is 6.61 Å². The van der Waals surface area contributed by atoms with E-state index < -0.39 is 6.09 Å². The van der Waals surface area contributed by atoms with Crippen molar-refractivity contribution in [1.29, 1.82) is 0 Å². The first-order chi connectivity index (χ1) is 8.22. The predicted octanol–water partition coefficient (Wildman–Crippen LogP) is 2.12. The average molecular weight is 235 g/mol. The van der Waals surface area contributed by atoms with Gasteiger partial charge in [-0.05, 0) is 11.1 Å². The van der Waals surface area contributed by atoms with E-state index >= 15 is 0 Å². The van der Waals surface area contributed by atoms with Gasteiger partial charge in [-0.15, -0.1) is 0 Å². The summed E-state index contributed by atoms with van der Waals surface area (Å²) in [6.07, 6.45) is -0.453. The Morgan fingerprint density at radius 3 is 2.71 bits per heavy atom. The number of benzene rings is 1. The molecule has 1 amide bonds. The van der Waals surface area contributed by atoms with E-state index in [4.69, 9.17) is 9.47 Å². The summed E-state index contributed by atoms with van der Waals surface area (Å²) >= 11 is 0. The van der Waals surface area contributed by atoms with Gasteiger partial charge in [0.25, 0.3) is 0 Å². The van der Waals surface area contributed by atoms with E-state index in [0.29, 0.717) is 13.2 Å². The summed E-state index contributed by atoms with van der Waals surface area (Å²) in [6.45, 7) is 4.80. The van der Waals surface area contributed by atoms with Gasteiger partial charge in [0.05, 0.1) is 6.61 Å². The zero-order chi connectivity index (χ0) is 12.5. The van der Waals surface area contributed by atoms with Crippen LogP contribution in [0.1, 0.15) is 5.56 Å². The van der Waals surface area contributed by atoms with Crippen LogP contribution in [0.3, 0.4) is 0 Å². The Balaban J connectivity index is 2.20. The lowest BCUT2D eigenvalue weighted by atomic mass is 10.2. The van der Waals surface area contributed by atoms with Crippen LogP contribution >= 0.6 is 0 Å². The molecule has 0 fully saturated rings. The van der Waals surface area contributed by atoms with Crippen LogP contribution in [0.25, 0.3) is 0 Å².